The van der Waals surface area contributed by atoms with E-state index in [0.717, 1.165) is 16.7 Å². The molecule has 0 atom stereocenters. The largest absolute Gasteiger partial charge is 0.465 e. The summed E-state index contributed by atoms with van der Waals surface area (Å²) in [5.74, 6) is -0.433. The van der Waals surface area contributed by atoms with Crippen LogP contribution in [-0.4, -0.2) is 22.6 Å². The van der Waals surface area contributed by atoms with E-state index in [1.807, 2.05) is 48.5 Å². The van der Waals surface area contributed by atoms with E-state index in [-0.39, 0.29) is 0 Å². The van der Waals surface area contributed by atoms with Crippen LogP contribution in [0.25, 0.3) is 22.2 Å². The third-order valence-electron chi connectivity index (χ3n) is 4.78. The standard InChI is InChI=1S/C23H16ClN3O2/c1-29-22(28)19-7-4-8-20-21(19)27(23(24)26-20)14-15-9-11-16(12-10-15)18-6-3-2-5-17(18)13-25/h2-12H,14H2,1H3. The number of carbonyl (C=O) groups excluding carboxylic acids is 1. The maximum atomic E-state index is 12.2. The summed E-state index contributed by atoms with van der Waals surface area (Å²) < 4.78 is 6.69. The first-order valence-corrected chi connectivity index (χ1v) is 9.31. The number of rotatable bonds is 4. The zero-order chi connectivity index (χ0) is 20.4. The average Bonchev–Trinajstić information content (AvgIpc) is 3.08. The van der Waals surface area contributed by atoms with Crippen LogP contribution in [0.15, 0.2) is 66.7 Å². The lowest BCUT2D eigenvalue weighted by Gasteiger charge is -2.10. The Morgan fingerprint density at radius 3 is 2.59 bits per heavy atom. The van der Waals surface area contributed by atoms with Crippen molar-refractivity contribution in [3.05, 3.63) is 88.7 Å². The lowest BCUT2D eigenvalue weighted by molar-refractivity contribution is 0.0602. The van der Waals surface area contributed by atoms with Crippen LogP contribution < -0.4 is 0 Å². The Kier molecular flexibility index (Phi) is 5.03. The first-order chi connectivity index (χ1) is 14.1. The minimum absolute atomic E-state index is 0.301. The average molecular weight is 402 g/mol. The van der Waals surface area contributed by atoms with Crippen molar-refractivity contribution in [2.45, 2.75) is 6.54 Å². The summed E-state index contributed by atoms with van der Waals surface area (Å²) in [5, 5.41) is 9.62. The Balaban J connectivity index is 1.72. The molecule has 0 radical (unpaired) electrons. The van der Waals surface area contributed by atoms with E-state index in [4.69, 9.17) is 16.3 Å². The number of esters is 1. The number of nitriles is 1. The molecule has 6 heteroatoms. The molecular formula is C23H16ClN3O2. The van der Waals surface area contributed by atoms with Crippen molar-refractivity contribution in [1.82, 2.24) is 9.55 Å². The number of fused-ring (bicyclic) bond motifs is 1. The zero-order valence-electron chi connectivity index (χ0n) is 15.6. The summed E-state index contributed by atoms with van der Waals surface area (Å²) in [4.78, 5) is 16.5. The lowest BCUT2D eigenvalue weighted by atomic mass is 9.99. The van der Waals surface area contributed by atoms with Gasteiger partial charge in [-0.15, -0.1) is 0 Å². The van der Waals surface area contributed by atoms with Crippen LogP contribution >= 0.6 is 11.6 Å². The van der Waals surface area contributed by atoms with Crippen molar-refractivity contribution >= 4 is 28.6 Å². The number of halogens is 1. The summed E-state index contributed by atoms with van der Waals surface area (Å²) in [6, 6.07) is 22.9. The smallest absolute Gasteiger partial charge is 0.340 e. The Hall–Kier alpha value is -3.62. The third-order valence-corrected chi connectivity index (χ3v) is 5.07. The molecule has 0 unspecified atom stereocenters. The van der Waals surface area contributed by atoms with E-state index in [2.05, 4.69) is 11.1 Å². The van der Waals surface area contributed by atoms with Crippen molar-refractivity contribution in [3.63, 3.8) is 0 Å². The Bertz CT molecular complexity index is 1250. The van der Waals surface area contributed by atoms with Crippen LogP contribution in [0.2, 0.25) is 5.28 Å². The molecule has 0 spiro atoms. The number of ether oxygens (including phenoxy) is 1. The van der Waals surface area contributed by atoms with Gasteiger partial charge in [0.2, 0.25) is 5.28 Å². The van der Waals surface area contributed by atoms with Crippen molar-refractivity contribution in [1.29, 1.82) is 5.26 Å². The normalized spacial score (nSPS) is 10.7. The van der Waals surface area contributed by atoms with Gasteiger partial charge in [-0.25, -0.2) is 9.78 Å². The highest BCUT2D eigenvalue weighted by molar-refractivity contribution is 6.29. The van der Waals surface area contributed by atoms with E-state index in [1.165, 1.54) is 7.11 Å². The summed E-state index contributed by atoms with van der Waals surface area (Å²) >= 11 is 6.37. The molecule has 0 N–H and O–H groups in total. The predicted octanol–water partition coefficient (Wildman–Crippen LogP) is 5.06. The molecular weight excluding hydrogens is 386 g/mol. The number of nitrogens with zero attached hydrogens (tertiary/aromatic N) is 3. The van der Waals surface area contributed by atoms with Crippen LogP contribution in [0.3, 0.4) is 0 Å². The molecule has 0 aliphatic carbocycles. The molecule has 0 bridgehead atoms. The van der Waals surface area contributed by atoms with Crippen LogP contribution in [0.5, 0.6) is 0 Å². The molecule has 142 valence electrons. The van der Waals surface area contributed by atoms with Gasteiger partial charge in [-0.2, -0.15) is 5.26 Å². The molecule has 0 aliphatic heterocycles. The number of imidazole rings is 1. The first kappa shape index (κ1) is 18.7. The van der Waals surface area contributed by atoms with E-state index < -0.39 is 5.97 Å². The maximum absolute atomic E-state index is 12.2. The molecule has 5 nitrogen and oxygen atoms in total. The fraction of sp³-hybridized carbons (Fsp3) is 0.0870. The number of para-hydroxylation sites is 1. The second kappa shape index (κ2) is 7.78. The second-order valence-corrected chi connectivity index (χ2v) is 6.82. The van der Waals surface area contributed by atoms with Gasteiger partial charge in [-0.1, -0.05) is 48.5 Å². The van der Waals surface area contributed by atoms with Crippen LogP contribution in [-0.2, 0) is 11.3 Å². The Morgan fingerprint density at radius 2 is 1.86 bits per heavy atom. The highest BCUT2D eigenvalue weighted by atomic mass is 35.5. The molecule has 0 aliphatic rings. The monoisotopic (exact) mass is 401 g/mol. The number of benzene rings is 3. The predicted molar refractivity (Wildman–Crippen MR) is 112 cm³/mol. The molecule has 1 aromatic heterocycles. The Labute approximate surface area is 172 Å². The van der Waals surface area contributed by atoms with Crippen molar-refractivity contribution in [2.24, 2.45) is 0 Å². The minimum atomic E-state index is -0.433. The third kappa shape index (κ3) is 3.46. The van der Waals surface area contributed by atoms with Gasteiger partial charge in [0.25, 0.3) is 0 Å². The first-order valence-electron chi connectivity index (χ1n) is 8.94. The molecule has 0 saturated heterocycles. The van der Waals surface area contributed by atoms with Crippen LogP contribution in [0, 0.1) is 11.3 Å². The highest BCUT2D eigenvalue weighted by Crippen LogP contribution is 2.27. The SMILES string of the molecule is COC(=O)c1cccc2nc(Cl)n(Cc3ccc(-c4ccccc4C#N)cc3)c12. The number of hydrogen-bond donors (Lipinski definition) is 0. The molecule has 29 heavy (non-hydrogen) atoms. The van der Waals surface area contributed by atoms with Crippen molar-refractivity contribution < 1.29 is 9.53 Å². The summed E-state index contributed by atoms with van der Waals surface area (Å²) in [7, 11) is 1.35. The molecule has 1 heterocycles. The quantitative estimate of drug-likeness (QED) is 0.448. The Morgan fingerprint density at radius 1 is 1.10 bits per heavy atom. The van der Waals surface area contributed by atoms with Crippen molar-refractivity contribution in [2.75, 3.05) is 7.11 Å². The highest BCUT2D eigenvalue weighted by Gasteiger charge is 2.18. The van der Waals surface area contributed by atoms with Gasteiger partial charge in [0, 0.05) is 0 Å². The molecule has 0 saturated carbocycles. The number of carbonyl (C=O) groups is 1. The molecule has 0 fully saturated rings. The number of aromatic nitrogens is 2. The van der Waals surface area contributed by atoms with E-state index in [9.17, 15) is 10.1 Å². The molecule has 0 amide bonds. The van der Waals surface area contributed by atoms with Gasteiger partial charge in [-0.05, 0) is 46.5 Å². The van der Waals surface area contributed by atoms with E-state index in [1.54, 1.807) is 22.8 Å². The topological polar surface area (TPSA) is 67.9 Å². The van der Waals surface area contributed by atoms with Gasteiger partial charge >= 0.3 is 5.97 Å². The molecule has 4 aromatic rings. The maximum Gasteiger partial charge on any atom is 0.340 e. The summed E-state index contributed by atoms with van der Waals surface area (Å²) in [6.07, 6.45) is 0. The second-order valence-electron chi connectivity index (χ2n) is 6.49. The molecule has 3 aromatic carbocycles. The van der Waals surface area contributed by atoms with Gasteiger partial charge in [0.05, 0.1) is 41.9 Å². The lowest BCUT2D eigenvalue weighted by Crippen LogP contribution is -2.07. The van der Waals surface area contributed by atoms with E-state index in [0.29, 0.717) is 34.0 Å². The number of hydrogen-bond acceptors (Lipinski definition) is 4. The fourth-order valence-corrected chi connectivity index (χ4v) is 3.62. The molecule has 4 rings (SSSR count). The fourth-order valence-electron chi connectivity index (χ4n) is 3.38. The van der Waals surface area contributed by atoms with Gasteiger partial charge < -0.3 is 9.30 Å². The van der Waals surface area contributed by atoms with E-state index >= 15 is 0 Å². The number of methoxy groups -OCH3 is 1. The zero-order valence-corrected chi connectivity index (χ0v) is 16.3. The van der Waals surface area contributed by atoms with Crippen LogP contribution in [0.4, 0.5) is 0 Å². The van der Waals surface area contributed by atoms with Crippen LogP contribution in [0.1, 0.15) is 21.5 Å². The van der Waals surface area contributed by atoms with Gasteiger partial charge in [0.15, 0.2) is 0 Å². The van der Waals surface area contributed by atoms with Gasteiger partial charge in [-0.3, -0.25) is 0 Å². The summed E-state index contributed by atoms with van der Waals surface area (Å²) in [5.41, 5.74) is 5.17. The van der Waals surface area contributed by atoms with Gasteiger partial charge in [0.1, 0.15) is 0 Å². The summed E-state index contributed by atoms with van der Waals surface area (Å²) in [6.45, 7) is 0.448. The van der Waals surface area contributed by atoms with Crippen molar-refractivity contribution in [3.8, 4) is 17.2 Å². The minimum Gasteiger partial charge on any atom is -0.465 e.